The van der Waals surface area contributed by atoms with Gasteiger partial charge >= 0.3 is 0 Å². The second-order valence-corrected chi connectivity index (χ2v) is 9.56. The van der Waals surface area contributed by atoms with Gasteiger partial charge in [0.25, 0.3) is 5.91 Å². The van der Waals surface area contributed by atoms with E-state index < -0.39 is 0 Å². The summed E-state index contributed by atoms with van der Waals surface area (Å²) in [6.45, 7) is 11.3. The van der Waals surface area contributed by atoms with Crippen molar-refractivity contribution in [2.75, 3.05) is 32.8 Å². The molecule has 2 amide bonds. The standard InChI is InChI=1S/C25H35N3O3S/c1-5-31-16-6-13-26-23(29)18(3)20-11-14-28(15-12-20)25(30)22-19(4)27-24(32-22)21-9-7-17(2)8-10-21/h7-10,18,20H,5-6,11-16H2,1-4H3,(H,26,29). The number of hydrogen-bond donors (Lipinski definition) is 1. The van der Waals surface area contributed by atoms with Gasteiger partial charge in [-0.3, -0.25) is 9.59 Å². The average molecular weight is 458 g/mol. The lowest BCUT2D eigenvalue weighted by molar-refractivity contribution is -0.126. The van der Waals surface area contributed by atoms with Crippen molar-refractivity contribution >= 4 is 23.2 Å². The monoisotopic (exact) mass is 457 g/mol. The van der Waals surface area contributed by atoms with Crippen LogP contribution in [-0.2, 0) is 9.53 Å². The third-order valence-corrected chi connectivity index (χ3v) is 7.40. The summed E-state index contributed by atoms with van der Waals surface area (Å²) in [6, 6.07) is 8.23. The summed E-state index contributed by atoms with van der Waals surface area (Å²) in [6.07, 6.45) is 2.53. The maximum Gasteiger partial charge on any atom is 0.265 e. The number of carbonyl (C=O) groups excluding carboxylic acids is 2. The second kappa shape index (κ2) is 11.6. The Morgan fingerprint density at radius 2 is 1.91 bits per heavy atom. The summed E-state index contributed by atoms with van der Waals surface area (Å²) in [5.41, 5.74) is 3.04. The van der Waals surface area contributed by atoms with Gasteiger partial charge in [-0.05, 0) is 46.0 Å². The molecule has 1 fully saturated rings. The molecule has 1 aromatic carbocycles. The highest BCUT2D eigenvalue weighted by atomic mass is 32.1. The van der Waals surface area contributed by atoms with Gasteiger partial charge in [0, 0.05) is 44.3 Å². The highest BCUT2D eigenvalue weighted by molar-refractivity contribution is 7.17. The molecule has 0 aliphatic carbocycles. The quantitative estimate of drug-likeness (QED) is 0.565. The minimum atomic E-state index is -0.0439. The molecule has 1 aliphatic heterocycles. The number of nitrogens with one attached hydrogen (secondary N) is 1. The molecule has 2 heterocycles. The predicted molar refractivity (Wildman–Crippen MR) is 129 cm³/mol. The third-order valence-electron chi connectivity index (χ3n) is 6.21. The molecule has 1 atom stereocenters. The number of likely N-dealkylation sites (tertiary alicyclic amines) is 1. The van der Waals surface area contributed by atoms with Crippen LogP contribution in [-0.4, -0.2) is 54.5 Å². The van der Waals surface area contributed by atoms with Crippen molar-refractivity contribution in [1.29, 1.82) is 0 Å². The van der Waals surface area contributed by atoms with Crippen LogP contribution in [0.25, 0.3) is 10.6 Å². The smallest absolute Gasteiger partial charge is 0.265 e. The zero-order valence-electron chi connectivity index (χ0n) is 19.6. The number of benzene rings is 1. The highest BCUT2D eigenvalue weighted by Crippen LogP contribution is 2.31. The first-order valence-corrected chi connectivity index (χ1v) is 12.4. The SMILES string of the molecule is CCOCCCNC(=O)C(C)C1CCN(C(=O)c2sc(-c3ccc(C)cc3)nc2C)CC1. The van der Waals surface area contributed by atoms with E-state index in [4.69, 9.17) is 4.74 Å². The minimum Gasteiger partial charge on any atom is -0.382 e. The van der Waals surface area contributed by atoms with E-state index in [1.165, 1.54) is 16.9 Å². The van der Waals surface area contributed by atoms with Crippen molar-refractivity contribution in [2.24, 2.45) is 11.8 Å². The topological polar surface area (TPSA) is 71.5 Å². The number of hydrogen-bond acceptors (Lipinski definition) is 5. The van der Waals surface area contributed by atoms with E-state index in [0.717, 1.165) is 40.4 Å². The molecule has 1 aliphatic rings. The molecule has 2 aromatic rings. The van der Waals surface area contributed by atoms with Gasteiger partial charge in [0.05, 0.1) is 5.69 Å². The molecule has 0 spiro atoms. The number of aryl methyl sites for hydroxylation is 2. The van der Waals surface area contributed by atoms with Gasteiger partial charge in [-0.1, -0.05) is 36.8 Å². The van der Waals surface area contributed by atoms with Gasteiger partial charge in [-0.25, -0.2) is 4.98 Å². The van der Waals surface area contributed by atoms with E-state index in [0.29, 0.717) is 38.8 Å². The van der Waals surface area contributed by atoms with E-state index in [-0.39, 0.29) is 17.7 Å². The first-order valence-electron chi connectivity index (χ1n) is 11.6. The van der Waals surface area contributed by atoms with Gasteiger partial charge in [-0.15, -0.1) is 11.3 Å². The third kappa shape index (κ3) is 6.17. The van der Waals surface area contributed by atoms with Crippen LogP contribution in [0.15, 0.2) is 24.3 Å². The first kappa shape index (κ1) is 24.4. The fourth-order valence-corrected chi connectivity index (χ4v) is 5.11. The van der Waals surface area contributed by atoms with Crippen molar-refractivity contribution in [3.8, 4) is 10.6 Å². The summed E-state index contributed by atoms with van der Waals surface area (Å²) in [5, 5.41) is 3.91. The maximum atomic E-state index is 13.2. The molecular weight excluding hydrogens is 422 g/mol. The molecule has 32 heavy (non-hydrogen) atoms. The Bertz CT molecular complexity index is 902. The fourth-order valence-electron chi connectivity index (χ4n) is 4.07. The number of piperidine rings is 1. The molecule has 1 aromatic heterocycles. The van der Waals surface area contributed by atoms with Gasteiger partial charge in [0.1, 0.15) is 9.88 Å². The lowest BCUT2D eigenvalue weighted by Gasteiger charge is -2.34. The van der Waals surface area contributed by atoms with Gasteiger partial charge < -0.3 is 15.0 Å². The Hall–Kier alpha value is -2.25. The number of aromatic nitrogens is 1. The van der Waals surface area contributed by atoms with Crippen LogP contribution >= 0.6 is 11.3 Å². The predicted octanol–water partition coefficient (Wildman–Crippen LogP) is 4.46. The van der Waals surface area contributed by atoms with Crippen molar-refractivity contribution in [2.45, 2.75) is 47.0 Å². The van der Waals surface area contributed by atoms with Crippen LogP contribution < -0.4 is 5.32 Å². The fraction of sp³-hybridized carbons (Fsp3) is 0.560. The second-order valence-electron chi connectivity index (χ2n) is 8.56. The summed E-state index contributed by atoms with van der Waals surface area (Å²) in [5.74, 6) is 0.423. The summed E-state index contributed by atoms with van der Waals surface area (Å²) in [4.78, 5) is 32.9. The molecule has 1 saturated heterocycles. The Labute approximate surface area is 195 Å². The largest absolute Gasteiger partial charge is 0.382 e. The van der Waals surface area contributed by atoms with Crippen LogP contribution in [0, 0.1) is 25.7 Å². The number of nitrogens with zero attached hydrogens (tertiary/aromatic N) is 2. The lowest BCUT2D eigenvalue weighted by Crippen LogP contribution is -2.42. The lowest BCUT2D eigenvalue weighted by atomic mass is 9.84. The average Bonchev–Trinajstić information content (AvgIpc) is 3.20. The van der Waals surface area contributed by atoms with Crippen LogP contribution in [0.2, 0.25) is 0 Å². The Morgan fingerprint density at radius 1 is 1.22 bits per heavy atom. The summed E-state index contributed by atoms with van der Waals surface area (Å²) < 4.78 is 5.31. The molecule has 7 heteroatoms. The van der Waals surface area contributed by atoms with E-state index in [2.05, 4.69) is 41.5 Å². The molecule has 0 bridgehead atoms. The van der Waals surface area contributed by atoms with Crippen LogP contribution in [0.3, 0.4) is 0 Å². The maximum absolute atomic E-state index is 13.2. The molecule has 0 radical (unpaired) electrons. The molecular formula is C25H35N3O3S. The number of carbonyl (C=O) groups is 2. The summed E-state index contributed by atoms with van der Waals surface area (Å²) in [7, 11) is 0. The van der Waals surface area contributed by atoms with Crippen molar-refractivity contribution in [3.05, 3.63) is 40.4 Å². The van der Waals surface area contributed by atoms with Gasteiger partial charge in [-0.2, -0.15) is 0 Å². The Kier molecular flexibility index (Phi) is 8.82. The molecule has 1 N–H and O–H groups in total. The Balaban J connectivity index is 1.52. The van der Waals surface area contributed by atoms with E-state index in [1.54, 1.807) is 0 Å². The highest BCUT2D eigenvalue weighted by Gasteiger charge is 2.31. The zero-order chi connectivity index (χ0) is 23.1. The molecule has 0 saturated carbocycles. The minimum absolute atomic E-state index is 0.0439. The Morgan fingerprint density at radius 3 is 2.56 bits per heavy atom. The van der Waals surface area contributed by atoms with Crippen molar-refractivity contribution in [1.82, 2.24) is 15.2 Å². The van der Waals surface area contributed by atoms with Crippen LogP contribution in [0.1, 0.15) is 54.0 Å². The van der Waals surface area contributed by atoms with Crippen molar-refractivity contribution in [3.63, 3.8) is 0 Å². The normalized spacial score (nSPS) is 15.6. The van der Waals surface area contributed by atoms with E-state index in [9.17, 15) is 9.59 Å². The molecule has 3 rings (SSSR count). The molecule has 6 nitrogen and oxygen atoms in total. The van der Waals surface area contributed by atoms with Gasteiger partial charge in [0.15, 0.2) is 0 Å². The zero-order valence-corrected chi connectivity index (χ0v) is 20.5. The number of rotatable bonds is 9. The van der Waals surface area contributed by atoms with Gasteiger partial charge in [0.2, 0.25) is 5.91 Å². The van der Waals surface area contributed by atoms with Crippen LogP contribution in [0.5, 0.6) is 0 Å². The molecule has 1 unspecified atom stereocenters. The number of ether oxygens (including phenoxy) is 1. The van der Waals surface area contributed by atoms with Crippen LogP contribution in [0.4, 0.5) is 0 Å². The first-order chi connectivity index (χ1) is 15.4. The van der Waals surface area contributed by atoms with Crippen molar-refractivity contribution < 1.29 is 14.3 Å². The summed E-state index contributed by atoms with van der Waals surface area (Å²) >= 11 is 1.47. The van der Waals surface area contributed by atoms with E-state index >= 15 is 0 Å². The number of amides is 2. The molecule has 174 valence electrons. The van der Waals surface area contributed by atoms with E-state index in [1.807, 2.05) is 25.7 Å². The number of thiazole rings is 1.